The second-order valence-electron chi connectivity index (χ2n) is 8.65. The van der Waals surface area contributed by atoms with Crippen molar-refractivity contribution in [2.75, 3.05) is 37.2 Å². The molecule has 0 radical (unpaired) electrons. The van der Waals surface area contributed by atoms with Gasteiger partial charge in [0.05, 0.1) is 30.1 Å². The number of nitrogens with zero attached hydrogens (tertiary/aromatic N) is 7. The van der Waals surface area contributed by atoms with Gasteiger partial charge in [0.2, 0.25) is 11.9 Å². The molecule has 1 unspecified atom stereocenters. The van der Waals surface area contributed by atoms with Gasteiger partial charge in [-0.05, 0) is 42.0 Å². The molecule has 1 atom stereocenters. The molecular formula is C25H26N8. The maximum Gasteiger partial charge on any atom is 0.216 e. The Morgan fingerprint density at radius 3 is 2.61 bits per heavy atom. The lowest BCUT2D eigenvalue weighted by Crippen LogP contribution is -2.57. The molecule has 0 fully saturated rings. The van der Waals surface area contributed by atoms with E-state index in [9.17, 15) is 0 Å². The van der Waals surface area contributed by atoms with Crippen molar-refractivity contribution in [2.45, 2.75) is 12.7 Å². The van der Waals surface area contributed by atoms with Crippen LogP contribution in [0.4, 0.5) is 11.6 Å². The van der Waals surface area contributed by atoms with Crippen molar-refractivity contribution in [2.24, 2.45) is 4.99 Å². The van der Waals surface area contributed by atoms with Crippen molar-refractivity contribution in [3.63, 3.8) is 0 Å². The first kappa shape index (κ1) is 19.8. The predicted molar refractivity (Wildman–Crippen MR) is 131 cm³/mol. The van der Waals surface area contributed by atoms with Gasteiger partial charge in [0.1, 0.15) is 6.17 Å². The van der Waals surface area contributed by atoms with Gasteiger partial charge in [-0.25, -0.2) is 9.98 Å². The third kappa shape index (κ3) is 3.48. The van der Waals surface area contributed by atoms with E-state index >= 15 is 0 Å². The van der Waals surface area contributed by atoms with Gasteiger partial charge in [0.25, 0.3) is 0 Å². The number of nitrogens with one attached hydrogen (secondary N) is 1. The molecule has 6 rings (SSSR count). The molecule has 2 aliphatic heterocycles. The highest BCUT2D eigenvalue weighted by atomic mass is 15.5. The highest BCUT2D eigenvalue weighted by Gasteiger charge is 2.35. The van der Waals surface area contributed by atoms with E-state index in [1.807, 2.05) is 24.4 Å². The summed E-state index contributed by atoms with van der Waals surface area (Å²) in [4.78, 5) is 20.9. The zero-order chi connectivity index (χ0) is 22.4. The fourth-order valence-electron chi connectivity index (χ4n) is 4.52. The lowest BCUT2D eigenvalue weighted by molar-refractivity contribution is 0.261. The van der Waals surface area contributed by atoms with E-state index in [0.29, 0.717) is 13.3 Å². The number of fused-ring (bicyclic) bond motifs is 5. The van der Waals surface area contributed by atoms with Crippen molar-refractivity contribution in [1.29, 1.82) is 0 Å². The van der Waals surface area contributed by atoms with Crippen molar-refractivity contribution in [1.82, 2.24) is 24.8 Å². The number of imidazole rings is 1. The Kier molecular flexibility index (Phi) is 4.73. The third-order valence-electron chi connectivity index (χ3n) is 6.20. The Morgan fingerprint density at radius 2 is 1.82 bits per heavy atom. The van der Waals surface area contributed by atoms with E-state index in [0.717, 1.165) is 35.2 Å². The number of anilines is 2. The standard InChI is InChI=1S/C25H26N8/c1-30(2)20-12-10-18(11-13-20)23-29-24-27-16-31(15-19-7-5-6-14-26-19)17-32(24)25-28-21-8-3-4-9-22(21)33(23)25/h3-14,23H,15-17H2,1-2H3,(H,27,29). The minimum absolute atomic E-state index is 0.0825. The summed E-state index contributed by atoms with van der Waals surface area (Å²) in [5.41, 5.74) is 5.46. The zero-order valence-electron chi connectivity index (χ0n) is 18.8. The van der Waals surface area contributed by atoms with Crippen LogP contribution in [0.2, 0.25) is 0 Å². The number of pyridine rings is 1. The fourth-order valence-corrected chi connectivity index (χ4v) is 4.52. The van der Waals surface area contributed by atoms with Gasteiger partial charge in [-0.3, -0.25) is 19.4 Å². The van der Waals surface area contributed by atoms with Gasteiger partial charge in [-0.15, -0.1) is 0 Å². The summed E-state index contributed by atoms with van der Waals surface area (Å²) in [5, 5.41) is 3.68. The van der Waals surface area contributed by atoms with E-state index in [2.05, 4.69) is 92.2 Å². The molecule has 0 amide bonds. The largest absolute Gasteiger partial charge is 0.378 e. The summed E-state index contributed by atoms with van der Waals surface area (Å²) in [6.45, 7) is 2.05. The molecule has 33 heavy (non-hydrogen) atoms. The zero-order valence-corrected chi connectivity index (χ0v) is 18.8. The fraction of sp³-hybridized carbons (Fsp3) is 0.240. The van der Waals surface area contributed by atoms with Crippen LogP contribution >= 0.6 is 0 Å². The molecule has 8 nitrogen and oxygen atoms in total. The third-order valence-corrected chi connectivity index (χ3v) is 6.20. The van der Waals surface area contributed by atoms with E-state index in [4.69, 9.17) is 9.98 Å². The SMILES string of the molecule is CN(C)c1ccc(C2NC3=NCN(Cc4ccccn4)CN3c3nc4ccccc4n32)cc1. The monoisotopic (exact) mass is 438 g/mol. The van der Waals surface area contributed by atoms with Crippen LogP contribution in [0.15, 0.2) is 77.9 Å². The molecule has 1 N–H and O–H groups in total. The van der Waals surface area contributed by atoms with Crippen LogP contribution in [0.5, 0.6) is 0 Å². The first-order chi connectivity index (χ1) is 16.2. The first-order valence-corrected chi connectivity index (χ1v) is 11.1. The lowest BCUT2D eigenvalue weighted by Gasteiger charge is -2.41. The number of rotatable bonds is 4. The number of benzene rings is 2. The smallest absolute Gasteiger partial charge is 0.216 e. The minimum atomic E-state index is -0.0825. The van der Waals surface area contributed by atoms with Gasteiger partial charge >= 0.3 is 0 Å². The van der Waals surface area contributed by atoms with Gasteiger partial charge in [0.15, 0.2) is 0 Å². The van der Waals surface area contributed by atoms with Crippen LogP contribution < -0.4 is 15.1 Å². The van der Waals surface area contributed by atoms with Crippen LogP contribution in [0.25, 0.3) is 11.0 Å². The number of guanidine groups is 1. The predicted octanol–water partition coefficient (Wildman–Crippen LogP) is 3.24. The van der Waals surface area contributed by atoms with E-state index in [-0.39, 0.29) is 6.17 Å². The van der Waals surface area contributed by atoms with Crippen LogP contribution in [-0.2, 0) is 6.54 Å². The molecule has 4 aromatic rings. The second kappa shape index (κ2) is 7.90. The summed E-state index contributed by atoms with van der Waals surface area (Å²) in [7, 11) is 4.11. The van der Waals surface area contributed by atoms with Gasteiger partial charge in [0, 0.05) is 32.5 Å². The first-order valence-electron chi connectivity index (χ1n) is 11.1. The van der Waals surface area contributed by atoms with Gasteiger partial charge < -0.3 is 10.2 Å². The highest BCUT2D eigenvalue weighted by Crippen LogP contribution is 2.34. The Morgan fingerprint density at radius 1 is 1.00 bits per heavy atom. The number of aliphatic imine (C=N–C) groups is 1. The second-order valence-corrected chi connectivity index (χ2v) is 8.65. The van der Waals surface area contributed by atoms with Crippen LogP contribution in [0.3, 0.4) is 0 Å². The Hall–Kier alpha value is -3.91. The quantitative estimate of drug-likeness (QED) is 0.528. The van der Waals surface area contributed by atoms with E-state index in [1.54, 1.807) is 0 Å². The number of para-hydroxylation sites is 2. The van der Waals surface area contributed by atoms with Crippen LogP contribution in [0, 0.1) is 0 Å². The molecule has 0 aliphatic carbocycles. The normalized spacial score (nSPS) is 17.8. The summed E-state index contributed by atoms with van der Waals surface area (Å²) in [6.07, 6.45) is 1.75. The molecular weight excluding hydrogens is 412 g/mol. The maximum atomic E-state index is 5.02. The molecule has 8 heteroatoms. The van der Waals surface area contributed by atoms with Crippen LogP contribution in [0.1, 0.15) is 17.4 Å². The molecule has 0 saturated carbocycles. The van der Waals surface area contributed by atoms with Crippen LogP contribution in [-0.4, -0.2) is 52.8 Å². The summed E-state index contributed by atoms with van der Waals surface area (Å²) in [5.74, 6) is 1.76. The van der Waals surface area contributed by atoms with Crippen molar-refractivity contribution >= 4 is 28.6 Å². The van der Waals surface area contributed by atoms with Crippen molar-refractivity contribution in [3.05, 3.63) is 84.2 Å². The molecule has 0 bridgehead atoms. The average molecular weight is 439 g/mol. The lowest BCUT2D eigenvalue weighted by atomic mass is 10.1. The van der Waals surface area contributed by atoms with Crippen molar-refractivity contribution < 1.29 is 0 Å². The highest BCUT2D eigenvalue weighted by molar-refractivity contribution is 5.98. The van der Waals surface area contributed by atoms with E-state index in [1.165, 1.54) is 11.3 Å². The summed E-state index contributed by atoms with van der Waals surface area (Å²) in [6, 6.07) is 23.0. The summed E-state index contributed by atoms with van der Waals surface area (Å²) < 4.78 is 2.28. The molecule has 166 valence electrons. The molecule has 4 heterocycles. The van der Waals surface area contributed by atoms with Gasteiger partial charge in [-0.1, -0.05) is 30.3 Å². The Balaban J connectivity index is 1.40. The maximum absolute atomic E-state index is 5.02. The average Bonchev–Trinajstić information content (AvgIpc) is 3.24. The van der Waals surface area contributed by atoms with E-state index < -0.39 is 0 Å². The number of hydrogen-bond donors (Lipinski definition) is 1. The molecule has 0 saturated heterocycles. The Bertz CT molecular complexity index is 1310. The number of aromatic nitrogens is 3. The minimum Gasteiger partial charge on any atom is -0.378 e. The molecule has 2 aromatic heterocycles. The molecule has 2 aromatic carbocycles. The molecule has 2 aliphatic rings. The topological polar surface area (TPSA) is 64.8 Å². The molecule has 0 spiro atoms. The van der Waals surface area contributed by atoms with Gasteiger partial charge in [-0.2, -0.15) is 0 Å². The van der Waals surface area contributed by atoms with Crippen molar-refractivity contribution in [3.8, 4) is 0 Å². The summed E-state index contributed by atoms with van der Waals surface area (Å²) >= 11 is 0. The number of hydrogen-bond acceptors (Lipinski definition) is 7. The Labute approximate surface area is 192 Å².